The molecule has 1 saturated heterocycles. The number of sulfonamides is 1. The smallest absolute Gasteiger partial charge is 0.325 e. The molecule has 2 fully saturated rings. The number of imide groups is 1. The summed E-state index contributed by atoms with van der Waals surface area (Å²) in [6.45, 7) is -0.0347. The molecular formula is C23H26N4O5S. The van der Waals surface area contributed by atoms with Crippen molar-refractivity contribution in [1.29, 1.82) is 0 Å². The first-order valence-electron chi connectivity index (χ1n) is 10.8. The Kier molecular flexibility index (Phi) is 6.11. The number of nitrogens with zero attached hydrogens (tertiary/aromatic N) is 2. The van der Waals surface area contributed by atoms with Gasteiger partial charge in [0, 0.05) is 25.7 Å². The van der Waals surface area contributed by atoms with Crippen LogP contribution < -0.4 is 14.9 Å². The molecule has 0 unspecified atom stereocenters. The van der Waals surface area contributed by atoms with Crippen LogP contribution in [0.15, 0.2) is 59.5 Å². The summed E-state index contributed by atoms with van der Waals surface area (Å²) in [5.74, 6) is -0.691. The van der Waals surface area contributed by atoms with Gasteiger partial charge in [-0.25, -0.2) is 13.2 Å². The van der Waals surface area contributed by atoms with Gasteiger partial charge in [0.05, 0.1) is 10.6 Å². The van der Waals surface area contributed by atoms with E-state index in [4.69, 9.17) is 0 Å². The highest BCUT2D eigenvalue weighted by atomic mass is 32.2. The topological polar surface area (TPSA) is 116 Å². The number of benzene rings is 2. The van der Waals surface area contributed by atoms with Crippen molar-refractivity contribution < 1.29 is 22.8 Å². The van der Waals surface area contributed by atoms with Crippen LogP contribution in [-0.2, 0) is 19.6 Å². The molecule has 2 N–H and O–H groups in total. The van der Waals surface area contributed by atoms with E-state index < -0.39 is 27.5 Å². The average molecular weight is 471 g/mol. The van der Waals surface area contributed by atoms with Gasteiger partial charge in [0.25, 0.3) is 15.9 Å². The summed E-state index contributed by atoms with van der Waals surface area (Å²) in [7, 11) is -2.36. The minimum absolute atomic E-state index is 0.0314. The zero-order chi connectivity index (χ0) is 23.6. The molecule has 174 valence electrons. The van der Waals surface area contributed by atoms with Gasteiger partial charge in [0.15, 0.2) is 0 Å². The van der Waals surface area contributed by atoms with Gasteiger partial charge in [-0.15, -0.1) is 0 Å². The number of rotatable bonds is 7. The fourth-order valence-corrected chi connectivity index (χ4v) is 5.54. The van der Waals surface area contributed by atoms with Gasteiger partial charge in [-0.3, -0.25) is 18.8 Å². The molecular weight excluding hydrogens is 444 g/mol. The maximum absolute atomic E-state index is 13.0. The molecule has 33 heavy (non-hydrogen) atoms. The van der Waals surface area contributed by atoms with Crippen molar-refractivity contribution in [3.05, 3.63) is 54.6 Å². The molecule has 1 saturated carbocycles. The van der Waals surface area contributed by atoms with Crippen LogP contribution in [0.1, 0.15) is 32.1 Å². The SMILES string of the molecule is CN(c1ccccc1)S(=O)(=O)c1cccc(NC(=O)CCN2C(=O)NC3(CCCC3)C2=O)c1. The summed E-state index contributed by atoms with van der Waals surface area (Å²) in [5.41, 5.74) is 0.0219. The molecule has 1 aliphatic carbocycles. The van der Waals surface area contributed by atoms with Crippen LogP contribution in [0.25, 0.3) is 0 Å². The summed E-state index contributed by atoms with van der Waals surface area (Å²) in [5, 5.41) is 5.44. The molecule has 0 atom stereocenters. The number of hydrogen-bond acceptors (Lipinski definition) is 5. The number of nitrogens with one attached hydrogen (secondary N) is 2. The lowest BCUT2D eigenvalue weighted by atomic mass is 9.98. The maximum atomic E-state index is 13.0. The number of hydrogen-bond donors (Lipinski definition) is 2. The highest BCUT2D eigenvalue weighted by molar-refractivity contribution is 7.92. The molecule has 10 heteroatoms. The van der Waals surface area contributed by atoms with Crippen LogP contribution in [0.2, 0.25) is 0 Å². The molecule has 0 bridgehead atoms. The van der Waals surface area contributed by atoms with E-state index in [0.717, 1.165) is 17.7 Å². The molecule has 0 aromatic heterocycles. The number of carbonyl (C=O) groups is 3. The van der Waals surface area contributed by atoms with E-state index in [1.54, 1.807) is 42.5 Å². The number of urea groups is 1. The minimum Gasteiger partial charge on any atom is -0.326 e. The molecule has 4 amide bonds. The fourth-order valence-electron chi connectivity index (χ4n) is 4.30. The Hall–Kier alpha value is -3.40. The van der Waals surface area contributed by atoms with E-state index in [2.05, 4.69) is 10.6 Å². The lowest BCUT2D eigenvalue weighted by Crippen LogP contribution is -2.44. The molecule has 1 aliphatic heterocycles. The molecule has 2 aromatic rings. The average Bonchev–Trinajstić information content (AvgIpc) is 3.37. The summed E-state index contributed by atoms with van der Waals surface area (Å²) >= 11 is 0. The zero-order valence-electron chi connectivity index (χ0n) is 18.3. The van der Waals surface area contributed by atoms with Crippen LogP contribution in [0, 0.1) is 0 Å². The predicted molar refractivity (Wildman–Crippen MR) is 123 cm³/mol. The van der Waals surface area contributed by atoms with Gasteiger partial charge in [-0.2, -0.15) is 0 Å². The minimum atomic E-state index is -3.83. The van der Waals surface area contributed by atoms with Crippen molar-refractivity contribution in [2.24, 2.45) is 0 Å². The second-order valence-electron chi connectivity index (χ2n) is 8.31. The summed E-state index contributed by atoms with van der Waals surface area (Å²) in [4.78, 5) is 38.5. The lowest BCUT2D eigenvalue weighted by Gasteiger charge is -2.20. The Bertz CT molecular complexity index is 1180. The van der Waals surface area contributed by atoms with E-state index in [9.17, 15) is 22.8 Å². The Labute approximate surface area is 192 Å². The largest absolute Gasteiger partial charge is 0.326 e. The van der Waals surface area contributed by atoms with Crippen molar-refractivity contribution in [2.75, 3.05) is 23.2 Å². The Morgan fingerprint density at radius 3 is 2.48 bits per heavy atom. The highest BCUT2D eigenvalue weighted by Crippen LogP contribution is 2.35. The molecule has 0 radical (unpaired) electrons. The van der Waals surface area contributed by atoms with Crippen LogP contribution in [-0.4, -0.2) is 50.3 Å². The van der Waals surface area contributed by atoms with E-state index in [0.29, 0.717) is 24.2 Å². The third-order valence-corrected chi connectivity index (χ3v) is 7.94. The number of amides is 4. The Balaban J connectivity index is 1.40. The van der Waals surface area contributed by atoms with Crippen molar-refractivity contribution in [1.82, 2.24) is 10.2 Å². The zero-order valence-corrected chi connectivity index (χ0v) is 19.1. The van der Waals surface area contributed by atoms with Gasteiger partial charge in [0.1, 0.15) is 5.54 Å². The standard InChI is InChI=1S/C23H26N4O5S/c1-26(18-9-3-2-4-10-18)33(31,32)19-11-7-8-17(16-19)24-20(28)12-15-27-21(29)23(25-22(27)30)13-5-6-14-23/h2-4,7-11,16H,5-6,12-15H2,1H3,(H,24,28)(H,25,30). The molecule has 4 rings (SSSR count). The first-order chi connectivity index (χ1) is 15.7. The maximum Gasteiger partial charge on any atom is 0.325 e. The van der Waals surface area contributed by atoms with Crippen molar-refractivity contribution >= 4 is 39.2 Å². The molecule has 1 heterocycles. The quantitative estimate of drug-likeness (QED) is 0.604. The Morgan fingerprint density at radius 2 is 1.79 bits per heavy atom. The van der Waals surface area contributed by atoms with E-state index in [-0.39, 0.29) is 23.8 Å². The third-order valence-electron chi connectivity index (χ3n) is 6.16. The summed E-state index contributed by atoms with van der Waals surface area (Å²) in [6.07, 6.45) is 2.94. The van der Waals surface area contributed by atoms with Gasteiger partial charge >= 0.3 is 6.03 Å². The van der Waals surface area contributed by atoms with Crippen LogP contribution in [0.4, 0.5) is 16.2 Å². The molecule has 9 nitrogen and oxygen atoms in total. The highest BCUT2D eigenvalue weighted by Gasteiger charge is 2.52. The first kappa shape index (κ1) is 22.8. The van der Waals surface area contributed by atoms with Gasteiger partial charge < -0.3 is 10.6 Å². The number of carbonyl (C=O) groups excluding carboxylic acids is 3. The summed E-state index contributed by atoms with van der Waals surface area (Å²) in [6, 6.07) is 14.2. The fraction of sp³-hybridized carbons (Fsp3) is 0.348. The van der Waals surface area contributed by atoms with E-state index >= 15 is 0 Å². The van der Waals surface area contributed by atoms with Gasteiger partial charge in [-0.1, -0.05) is 37.1 Å². The van der Waals surface area contributed by atoms with Crippen LogP contribution in [0.3, 0.4) is 0 Å². The summed E-state index contributed by atoms with van der Waals surface area (Å²) < 4.78 is 27.2. The normalized spacial score (nSPS) is 17.3. The molecule has 2 aromatic carbocycles. The Morgan fingerprint density at radius 1 is 1.09 bits per heavy atom. The molecule has 1 spiro atoms. The predicted octanol–water partition coefficient (Wildman–Crippen LogP) is 2.70. The molecule has 2 aliphatic rings. The van der Waals surface area contributed by atoms with Crippen molar-refractivity contribution in [3.8, 4) is 0 Å². The second kappa shape index (κ2) is 8.86. The van der Waals surface area contributed by atoms with Crippen LogP contribution in [0.5, 0.6) is 0 Å². The van der Waals surface area contributed by atoms with E-state index in [1.165, 1.54) is 23.5 Å². The lowest BCUT2D eigenvalue weighted by molar-refractivity contribution is -0.131. The second-order valence-corrected chi connectivity index (χ2v) is 10.3. The number of para-hydroxylation sites is 1. The third kappa shape index (κ3) is 4.43. The first-order valence-corrected chi connectivity index (χ1v) is 12.2. The van der Waals surface area contributed by atoms with Crippen molar-refractivity contribution in [2.45, 2.75) is 42.5 Å². The van der Waals surface area contributed by atoms with Crippen molar-refractivity contribution in [3.63, 3.8) is 0 Å². The van der Waals surface area contributed by atoms with Crippen LogP contribution >= 0.6 is 0 Å². The van der Waals surface area contributed by atoms with Gasteiger partial charge in [-0.05, 0) is 43.2 Å². The number of anilines is 2. The monoisotopic (exact) mass is 470 g/mol. The van der Waals surface area contributed by atoms with Gasteiger partial charge in [0.2, 0.25) is 5.91 Å². The van der Waals surface area contributed by atoms with E-state index in [1.807, 2.05) is 0 Å².